The molecule has 0 saturated carbocycles. The van der Waals surface area contributed by atoms with Crippen LogP contribution >= 0.6 is 0 Å². The predicted molar refractivity (Wildman–Crippen MR) is 40.4 cm³/mol. The molecule has 12 heavy (non-hydrogen) atoms. The summed E-state index contributed by atoms with van der Waals surface area (Å²) in [5, 5.41) is 9.62. The zero-order valence-electron chi connectivity index (χ0n) is 7.48. The highest BCUT2D eigenvalue weighted by Gasteiger charge is 2.57. The first-order chi connectivity index (χ1) is 5.53. The topological polar surface area (TPSA) is 47.9 Å². The van der Waals surface area contributed by atoms with Crippen LogP contribution in [0, 0.1) is 0 Å². The fourth-order valence-corrected chi connectivity index (χ4v) is 1.92. The van der Waals surface area contributed by atoms with Gasteiger partial charge in [0.15, 0.2) is 12.1 Å². The van der Waals surface area contributed by atoms with Gasteiger partial charge in [0.2, 0.25) is 0 Å². The van der Waals surface area contributed by atoms with E-state index < -0.39 is 11.9 Å². The molecule has 2 saturated heterocycles. The van der Waals surface area contributed by atoms with Crippen molar-refractivity contribution in [2.75, 3.05) is 0 Å². The second-order valence-electron chi connectivity index (χ2n) is 3.57. The zero-order valence-corrected chi connectivity index (χ0v) is 7.48. The molecular weight excluding hydrogens is 160 g/mol. The van der Waals surface area contributed by atoms with Crippen molar-refractivity contribution in [3.05, 3.63) is 0 Å². The minimum absolute atomic E-state index is 0.215. The maximum Gasteiger partial charge on any atom is 0.197 e. The lowest BCUT2D eigenvalue weighted by molar-refractivity contribution is -0.214. The largest absolute Gasteiger partial charge is 0.387 e. The van der Waals surface area contributed by atoms with Crippen LogP contribution in [-0.4, -0.2) is 35.5 Å². The van der Waals surface area contributed by atoms with E-state index in [1.807, 2.05) is 6.92 Å². The molecule has 4 nitrogen and oxygen atoms in total. The van der Waals surface area contributed by atoms with Crippen molar-refractivity contribution in [3.63, 3.8) is 0 Å². The molecule has 0 aliphatic carbocycles. The molecule has 2 aliphatic heterocycles. The van der Waals surface area contributed by atoms with Crippen LogP contribution in [0.25, 0.3) is 0 Å². The van der Waals surface area contributed by atoms with E-state index in [2.05, 4.69) is 0 Å². The summed E-state index contributed by atoms with van der Waals surface area (Å²) < 4.78 is 16.2. The number of aliphatic hydroxyl groups excluding tert-OH is 1. The Bertz CT molecular complexity index is 195. The molecule has 0 radical (unpaired) electrons. The number of ether oxygens (including phenoxy) is 3. The quantitative estimate of drug-likeness (QED) is 0.571. The Hall–Kier alpha value is -0.160. The Kier molecular flexibility index (Phi) is 1.70. The fraction of sp³-hybridized carbons (Fsp3) is 1.00. The summed E-state index contributed by atoms with van der Waals surface area (Å²) in [4.78, 5) is 0. The van der Waals surface area contributed by atoms with Crippen molar-refractivity contribution in [1.82, 2.24) is 0 Å². The third-order valence-corrected chi connectivity index (χ3v) is 2.47. The summed E-state index contributed by atoms with van der Waals surface area (Å²) >= 11 is 0. The fourth-order valence-electron chi connectivity index (χ4n) is 1.92. The molecule has 4 heteroatoms. The van der Waals surface area contributed by atoms with E-state index in [4.69, 9.17) is 14.2 Å². The van der Waals surface area contributed by atoms with Crippen LogP contribution < -0.4 is 0 Å². The molecule has 5 atom stereocenters. The van der Waals surface area contributed by atoms with Crippen molar-refractivity contribution in [2.24, 2.45) is 0 Å². The molecule has 70 valence electrons. The van der Waals surface area contributed by atoms with Crippen LogP contribution in [0.4, 0.5) is 0 Å². The Labute approximate surface area is 71.4 Å². The van der Waals surface area contributed by atoms with Gasteiger partial charge in [0.25, 0.3) is 0 Å². The summed E-state index contributed by atoms with van der Waals surface area (Å²) in [5.74, 6) is -0.752. The second kappa shape index (κ2) is 2.42. The lowest BCUT2D eigenvalue weighted by Gasteiger charge is -2.20. The van der Waals surface area contributed by atoms with Crippen molar-refractivity contribution < 1.29 is 19.3 Å². The maximum atomic E-state index is 9.62. The molecule has 0 bridgehead atoms. The van der Waals surface area contributed by atoms with Crippen LogP contribution in [-0.2, 0) is 14.2 Å². The van der Waals surface area contributed by atoms with Gasteiger partial charge >= 0.3 is 0 Å². The number of rotatable bonds is 0. The van der Waals surface area contributed by atoms with Crippen LogP contribution in [0.3, 0.4) is 0 Å². The van der Waals surface area contributed by atoms with Gasteiger partial charge in [-0.1, -0.05) is 0 Å². The van der Waals surface area contributed by atoms with Crippen molar-refractivity contribution in [1.29, 1.82) is 0 Å². The van der Waals surface area contributed by atoms with Crippen LogP contribution in [0.2, 0.25) is 0 Å². The average molecular weight is 174 g/mol. The average Bonchev–Trinajstić information content (AvgIpc) is 2.31. The standard InChI is InChI=1S/C8H14O4/c1-4-6(9)7-8(3,11-4)12-5(2)10-7/h4-7,9H,1-3H3. The van der Waals surface area contributed by atoms with E-state index in [1.54, 1.807) is 13.8 Å². The number of hydrogen-bond acceptors (Lipinski definition) is 4. The number of fused-ring (bicyclic) bond motifs is 1. The molecule has 2 fully saturated rings. The van der Waals surface area contributed by atoms with E-state index in [1.165, 1.54) is 0 Å². The van der Waals surface area contributed by atoms with Crippen LogP contribution in [0.15, 0.2) is 0 Å². The highest BCUT2D eigenvalue weighted by atomic mass is 16.8. The number of aliphatic hydroxyl groups is 1. The van der Waals surface area contributed by atoms with Crippen molar-refractivity contribution in [2.45, 2.75) is 51.2 Å². The third-order valence-electron chi connectivity index (χ3n) is 2.47. The molecule has 0 amide bonds. The summed E-state index contributed by atoms with van der Waals surface area (Å²) in [6.45, 7) is 5.41. The van der Waals surface area contributed by atoms with Gasteiger partial charge in [0.1, 0.15) is 12.2 Å². The van der Waals surface area contributed by atoms with Gasteiger partial charge in [-0.25, -0.2) is 0 Å². The molecule has 0 aromatic carbocycles. The molecule has 2 heterocycles. The summed E-state index contributed by atoms with van der Waals surface area (Å²) in [5.41, 5.74) is 0. The van der Waals surface area contributed by atoms with Gasteiger partial charge in [0, 0.05) is 0 Å². The smallest absolute Gasteiger partial charge is 0.197 e. The molecular formula is C8H14O4. The molecule has 5 unspecified atom stereocenters. The van der Waals surface area contributed by atoms with Gasteiger partial charge in [0.05, 0.1) is 6.10 Å². The van der Waals surface area contributed by atoms with Gasteiger partial charge in [-0.2, -0.15) is 0 Å². The first-order valence-electron chi connectivity index (χ1n) is 4.22. The zero-order chi connectivity index (χ0) is 8.93. The van der Waals surface area contributed by atoms with E-state index in [9.17, 15) is 5.11 Å². The van der Waals surface area contributed by atoms with Crippen LogP contribution in [0.1, 0.15) is 20.8 Å². The van der Waals surface area contributed by atoms with E-state index in [-0.39, 0.29) is 18.5 Å². The summed E-state index contributed by atoms with van der Waals surface area (Å²) in [6, 6.07) is 0. The highest BCUT2D eigenvalue weighted by Crippen LogP contribution is 2.40. The molecule has 2 rings (SSSR count). The molecule has 2 aliphatic rings. The van der Waals surface area contributed by atoms with Crippen molar-refractivity contribution in [3.8, 4) is 0 Å². The molecule has 0 aromatic heterocycles. The maximum absolute atomic E-state index is 9.62. The molecule has 0 aromatic rings. The normalized spacial score (nSPS) is 59.0. The third kappa shape index (κ3) is 0.992. The predicted octanol–water partition coefficient (Wildman–Crippen LogP) is 0.244. The first kappa shape index (κ1) is 8.44. The van der Waals surface area contributed by atoms with Crippen LogP contribution in [0.5, 0.6) is 0 Å². The monoisotopic (exact) mass is 174 g/mol. The Morgan fingerprint density at radius 3 is 2.50 bits per heavy atom. The van der Waals surface area contributed by atoms with E-state index in [0.717, 1.165) is 0 Å². The van der Waals surface area contributed by atoms with E-state index in [0.29, 0.717) is 0 Å². The van der Waals surface area contributed by atoms with Crippen molar-refractivity contribution >= 4 is 0 Å². The highest BCUT2D eigenvalue weighted by molar-refractivity contribution is 4.96. The Morgan fingerprint density at radius 2 is 1.92 bits per heavy atom. The number of hydrogen-bond donors (Lipinski definition) is 1. The Balaban J connectivity index is 2.20. The molecule has 0 spiro atoms. The minimum Gasteiger partial charge on any atom is -0.387 e. The SMILES string of the molecule is CC1OC2C(O)C(C)OC2(C)O1. The van der Waals surface area contributed by atoms with Gasteiger partial charge in [-0.3, -0.25) is 0 Å². The summed E-state index contributed by atoms with van der Waals surface area (Å²) in [7, 11) is 0. The van der Waals surface area contributed by atoms with Gasteiger partial charge < -0.3 is 19.3 Å². The molecule has 1 N–H and O–H groups in total. The first-order valence-corrected chi connectivity index (χ1v) is 4.22. The van der Waals surface area contributed by atoms with Gasteiger partial charge in [-0.15, -0.1) is 0 Å². The lowest BCUT2D eigenvalue weighted by atomic mass is 10.1. The minimum atomic E-state index is -0.752. The lowest BCUT2D eigenvalue weighted by Crippen LogP contribution is -2.37. The van der Waals surface area contributed by atoms with E-state index >= 15 is 0 Å². The van der Waals surface area contributed by atoms with Gasteiger partial charge in [-0.05, 0) is 20.8 Å². The second-order valence-corrected chi connectivity index (χ2v) is 3.57. The summed E-state index contributed by atoms with van der Waals surface area (Å²) in [6.07, 6.45) is -1.43. The Morgan fingerprint density at radius 1 is 1.25 bits per heavy atom.